The molecule has 1 aromatic carbocycles. The number of carbonyl (C=O) groups is 5. The molecule has 12 nitrogen and oxygen atoms in total. The van der Waals surface area contributed by atoms with Crippen LogP contribution in [-0.4, -0.2) is 88.6 Å². The first kappa shape index (κ1) is 36.9. The summed E-state index contributed by atoms with van der Waals surface area (Å²) < 4.78 is 0. The van der Waals surface area contributed by atoms with E-state index >= 15 is 0 Å². The van der Waals surface area contributed by atoms with E-state index in [1.807, 2.05) is 33.1 Å². The third-order valence-electron chi connectivity index (χ3n) is 6.82. The van der Waals surface area contributed by atoms with E-state index in [0.717, 1.165) is 5.56 Å². The van der Waals surface area contributed by atoms with Gasteiger partial charge in [0, 0.05) is 6.42 Å². The number of rotatable bonds is 19. The van der Waals surface area contributed by atoms with Crippen LogP contribution in [0.4, 0.5) is 0 Å². The van der Waals surface area contributed by atoms with Gasteiger partial charge in [-0.3, -0.25) is 19.2 Å². The van der Waals surface area contributed by atoms with Crippen LogP contribution < -0.4 is 27.0 Å². The van der Waals surface area contributed by atoms with E-state index < -0.39 is 66.4 Å². The summed E-state index contributed by atoms with van der Waals surface area (Å²) in [6, 6.07) is 3.34. The first-order chi connectivity index (χ1) is 19.8. The number of aliphatic hydroxyl groups is 1. The SMILES string of the molecule is CC[C@H](C)[C@H](NC(=O)[C@H](CO)NC(=O)[C@H](Cc1ccccc1)NC(=O)[C@@H](N)CCSC)C(=O)N[C@@H](CC(C)C)C(=O)O. The quantitative estimate of drug-likeness (QED) is 0.116. The second-order valence-electron chi connectivity index (χ2n) is 10.8. The standard InChI is InChI=1S/C29H47N5O7S/c1-6-18(4)24(28(39)32-22(29(40)41)14-17(2)3)34-27(38)23(16-35)33-26(37)21(15-19-10-8-7-9-11-19)31-25(36)20(30)12-13-42-5/h7-11,17-18,20-24,35H,6,12-16,30H2,1-5H3,(H,31,36)(H,32,39)(H,33,37)(H,34,38)(H,40,41)/t18-,20-,21-,22-,23-,24-/m0/s1. The highest BCUT2D eigenvalue weighted by Crippen LogP contribution is 2.12. The summed E-state index contributed by atoms with van der Waals surface area (Å²) in [6.45, 7) is 6.41. The number of amides is 4. The van der Waals surface area contributed by atoms with Crippen LogP contribution >= 0.6 is 11.8 Å². The number of hydrogen-bond acceptors (Lipinski definition) is 8. The minimum atomic E-state index is -1.44. The van der Waals surface area contributed by atoms with E-state index in [1.54, 1.807) is 31.2 Å². The lowest BCUT2D eigenvalue weighted by Crippen LogP contribution is -2.60. The van der Waals surface area contributed by atoms with Crippen LogP contribution in [0.25, 0.3) is 0 Å². The van der Waals surface area contributed by atoms with Gasteiger partial charge in [0.25, 0.3) is 0 Å². The van der Waals surface area contributed by atoms with E-state index in [0.29, 0.717) is 18.6 Å². The largest absolute Gasteiger partial charge is 0.480 e. The van der Waals surface area contributed by atoms with Crippen molar-refractivity contribution in [2.24, 2.45) is 17.6 Å². The number of nitrogens with one attached hydrogen (secondary N) is 4. The van der Waals surface area contributed by atoms with Crippen LogP contribution in [0.5, 0.6) is 0 Å². The fourth-order valence-electron chi connectivity index (χ4n) is 4.09. The molecule has 0 unspecified atom stereocenters. The van der Waals surface area contributed by atoms with E-state index in [9.17, 15) is 34.2 Å². The molecule has 8 N–H and O–H groups in total. The number of aliphatic carboxylic acids is 1. The Morgan fingerprint density at radius 3 is 1.95 bits per heavy atom. The number of thioether (sulfide) groups is 1. The van der Waals surface area contributed by atoms with Gasteiger partial charge in [-0.2, -0.15) is 11.8 Å². The molecule has 0 spiro atoms. The van der Waals surface area contributed by atoms with E-state index in [1.165, 1.54) is 11.8 Å². The molecule has 1 aromatic rings. The van der Waals surface area contributed by atoms with Gasteiger partial charge in [0.15, 0.2) is 0 Å². The third kappa shape index (κ3) is 12.8. The number of nitrogens with two attached hydrogens (primary N) is 1. The summed E-state index contributed by atoms with van der Waals surface area (Å²) in [4.78, 5) is 64.0. The molecule has 0 bridgehead atoms. The second-order valence-corrected chi connectivity index (χ2v) is 11.8. The Balaban J connectivity index is 3.08. The first-order valence-electron chi connectivity index (χ1n) is 14.2. The molecule has 0 heterocycles. The van der Waals surface area contributed by atoms with Crippen molar-refractivity contribution < 1.29 is 34.2 Å². The molecular formula is C29H47N5O7S. The minimum absolute atomic E-state index is 0.00132. The molecule has 0 aliphatic heterocycles. The second kappa shape index (κ2) is 19.1. The highest BCUT2D eigenvalue weighted by molar-refractivity contribution is 7.98. The molecule has 0 radical (unpaired) electrons. The molecule has 0 aromatic heterocycles. The van der Waals surface area contributed by atoms with Crippen LogP contribution in [0.1, 0.15) is 52.5 Å². The van der Waals surface area contributed by atoms with Crippen molar-refractivity contribution in [1.29, 1.82) is 0 Å². The summed E-state index contributed by atoms with van der Waals surface area (Å²) in [6.07, 6.45) is 3.10. The van der Waals surface area contributed by atoms with E-state index in [4.69, 9.17) is 5.73 Å². The van der Waals surface area contributed by atoms with Gasteiger partial charge < -0.3 is 37.2 Å². The zero-order valence-electron chi connectivity index (χ0n) is 25.1. The smallest absolute Gasteiger partial charge is 0.326 e. The molecule has 6 atom stereocenters. The lowest BCUT2D eigenvalue weighted by molar-refractivity contribution is -0.143. The Bertz CT molecular complexity index is 1030. The van der Waals surface area contributed by atoms with Gasteiger partial charge in [0.05, 0.1) is 12.6 Å². The van der Waals surface area contributed by atoms with Gasteiger partial charge in [-0.1, -0.05) is 64.4 Å². The highest BCUT2D eigenvalue weighted by Gasteiger charge is 2.33. The number of benzene rings is 1. The topological polar surface area (TPSA) is 200 Å². The Morgan fingerprint density at radius 1 is 0.857 bits per heavy atom. The molecule has 0 saturated carbocycles. The van der Waals surface area contributed by atoms with Gasteiger partial charge >= 0.3 is 5.97 Å². The number of hydrogen-bond donors (Lipinski definition) is 7. The molecule has 0 aliphatic carbocycles. The zero-order valence-corrected chi connectivity index (χ0v) is 25.9. The maximum absolute atomic E-state index is 13.3. The Hall–Kier alpha value is -3.16. The monoisotopic (exact) mass is 609 g/mol. The summed E-state index contributed by atoms with van der Waals surface area (Å²) in [5, 5.41) is 29.7. The summed E-state index contributed by atoms with van der Waals surface area (Å²) >= 11 is 1.54. The van der Waals surface area contributed by atoms with E-state index in [-0.39, 0.29) is 24.7 Å². The summed E-state index contributed by atoms with van der Waals surface area (Å²) in [7, 11) is 0. The number of carboxylic acid groups (broad SMARTS) is 1. The highest BCUT2D eigenvalue weighted by atomic mass is 32.2. The van der Waals surface area contributed by atoms with Crippen molar-refractivity contribution in [2.75, 3.05) is 18.6 Å². The number of carbonyl (C=O) groups excluding carboxylic acids is 4. The predicted octanol–water partition coefficient (Wildman–Crippen LogP) is 0.418. The molecule has 4 amide bonds. The van der Waals surface area contributed by atoms with Crippen LogP contribution in [0, 0.1) is 11.8 Å². The van der Waals surface area contributed by atoms with Crippen LogP contribution in [0.2, 0.25) is 0 Å². The molecule has 42 heavy (non-hydrogen) atoms. The van der Waals surface area contributed by atoms with Crippen LogP contribution in [0.15, 0.2) is 30.3 Å². The Kier molecular flexibility index (Phi) is 16.8. The van der Waals surface area contributed by atoms with Crippen molar-refractivity contribution in [3.8, 4) is 0 Å². The lowest BCUT2D eigenvalue weighted by atomic mass is 9.96. The van der Waals surface area contributed by atoms with Gasteiger partial charge in [0.1, 0.15) is 24.2 Å². The van der Waals surface area contributed by atoms with Crippen LogP contribution in [0.3, 0.4) is 0 Å². The molecule has 0 aliphatic rings. The summed E-state index contributed by atoms with van der Waals surface area (Å²) in [5.74, 6) is -3.66. The third-order valence-corrected chi connectivity index (χ3v) is 7.46. The fourth-order valence-corrected chi connectivity index (χ4v) is 4.58. The van der Waals surface area contributed by atoms with Crippen molar-refractivity contribution in [3.05, 3.63) is 35.9 Å². The maximum Gasteiger partial charge on any atom is 0.326 e. The maximum atomic E-state index is 13.3. The average Bonchev–Trinajstić information content (AvgIpc) is 2.95. The van der Waals surface area contributed by atoms with Gasteiger partial charge in [-0.15, -0.1) is 0 Å². The average molecular weight is 610 g/mol. The van der Waals surface area contributed by atoms with Crippen LogP contribution in [-0.2, 0) is 30.4 Å². The van der Waals surface area contributed by atoms with Crippen molar-refractivity contribution >= 4 is 41.4 Å². The van der Waals surface area contributed by atoms with Crippen molar-refractivity contribution in [1.82, 2.24) is 21.3 Å². The lowest BCUT2D eigenvalue weighted by Gasteiger charge is -2.28. The molecular weight excluding hydrogens is 562 g/mol. The number of aliphatic hydroxyl groups excluding tert-OH is 1. The van der Waals surface area contributed by atoms with Gasteiger partial charge in [-0.05, 0) is 42.2 Å². The normalized spacial score (nSPS) is 15.4. The molecule has 236 valence electrons. The molecule has 0 saturated heterocycles. The predicted molar refractivity (Wildman–Crippen MR) is 162 cm³/mol. The molecule has 1 rings (SSSR count). The number of carboxylic acids is 1. The van der Waals surface area contributed by atoms with E-state index in [2.05, 4.69) is 21.3 Å². The summed E-state index contributed by atoms with van der Waals surface area (Å²) in [5.41, 5.74) is 6.74. The minimum Gasteiger partial charge on any atom is -0.480 e. The fraction of sp³-hybridized carbons (Fsp3) is 0.621. The van der Waals surface area contributed by atoms with Gasteiger partial charge in [-0.25, -0.2) is 4.79 Å². The zero-order chi connectivity index (χ0) is 31.8. The Morgan fingerprint density at radius 2 is 1.43 bits per heavy atom. The van der Waals surface area contributed by atoms with Crippen molar-refractivity contribution in [3.63, 3.8) is 0 Å². The molecule has 0 fully saturated rings. The molecule has 13 heteroatoms. The van der Waals surface area contributed by atoms with Gasteiger partial charge in [0.2, 0.25) is 23.6 Å². The first-order valence-corrected chi connectivity index (χ1v) is 15.6. The van der Waals surface area contributed by atoms with Crippen molar-refractivity contribution in [2.45, 2.75) is 83.6 Å². The Labute approximate surface area is 252 Å².